The van der Waals surface area contributed by atoms with Crippen LogP contribution in [0.4, 0.5) is 10.1 Å². The molecule has 7 nitrogen and oxygen atoms in total. The van der Waals surface area contributed by atoms with Gasteiger partial charge in [0.15, 0.2) is 0 Å². The molecule has 1 amide bonds. The maximum Gasteiger partial charge on any atom is 0.335 e. The van der Waals surface area contributed by atoms with Crippen LogP contribution in [0.5, 0.6) is 0 Å². The van der Waals surface area contributed by atoms with Gasteiger partial charge in [-0.2, -0.15) is 0 Å². The Balaban J connectivity index is 0.00000288. The zero-order valence-corrected chi connectivity index (χ0v) is 23.3. The first kappa shape index (κ1) is 27.4. The van der Waals surface area contributed by atoms with Crippen LogP contribution in [0.3, 0.4) is 0 Å². The lowest BCUT2D eigenvalue weighted by atomic mass is 9.70. The molecule has 0 unspecified atom stereocenters. The standard InChI is InChI=1S/C31H25Cl2FN4O3.CH4/c32-17-7-8-19-22(13-17)36-30(41)31(19)26(18-2-1-3-20(33)27(18)34)25-23(38(31)14-15-4-5-15)10-11-37-24-12-16(29(39)40)6-9-21(24)35-28(25)37;/h1-3,6-9,12-13,15,23,25-26H,4-5,10-11,14H2,(H,36,41)(H,39,40);1H4/t23-,25+,26-,31+;/m0./s1. The predicted octanol–water partition coefficient (Wildman–Crippen LogP) is 7.03. The van der Waals surface area contributed by atoms with E-state index in [4.69, 9.17) is 28.2 Å². The van der Waals surface area contributed by atoms with Crippen molar-refractivity contribution in [1.82, 2.24) is 14.5 Å². The molecule has 1 aromatic heterocycles. The van der Waals surface area contributed by atoms with E-state index in [0.717, 1.165) is 29.7 Å². The second-order valence-corrected chi connectivity index (χ2v) is 12.5. The molecule has 4 aliphatic rings. The molecular formula is C32H29Cl2FN4O3. The normalized spacial score (nSPS) is 26.1. The molecule has 2 N–H and O–H groups in total. The number of aryl methyl sites for hydroxylation is 1. The highest BCUT2D eigenvalue weighted by atomic mass is 35.5. The summed E-state index contributed by atoms with van der Waals surface area (Å²) in [6.45, 7) is 1.31. The second kappa shape index (κ2) is 9.53. The lowest BCUT2D eigenvalue weighted by molar-refractivity contribution is -0.128. The summed E-state index contributed by atoms with van der Waals surface area (Å²) in [7, 11) is 0. The van der Waals surface area contributed by atoms with Crippen molar-refractivity contribution in [3.63, 3.8) is 0 Å². The van der Waals surface area contributed by atoms with Crippen molar-refractivity contribution in [2.75, 3.05) is 11.9 Å². The number of anilines is 1. The number of aromatic nitrogens is 2. The third-order valence-electron chi connectivity index (χ3n) is 9.50. The van der Waals surface area contributed by atoms with E-state index in [1.54, 1.807) is 42.5 Å². The highest BCUT2D eigenvalue weighted by Gasteiger charge is 2.69. The van der Waals surface area contributed by atoms with Gasteiger partial charge in [0.05, 0.1) is 21.6 Å². The van der Waals surface area contributed by atoms with Crippen molar-refractivity contribution in [3.8, 4) is 0 Å². The van der Waals surface area contributed by atoms with Crippen molar-refractivity contribution in [2.24, 2.45) is 5.92 Å². The van der Waals surface area contributed by atoms with Crippen LogP contribution in [0.1, 0.15) is 65.8 Å². The largest absolute Gasteiger partial charge is 0.478 e. The van der Waals surface area contributed by atoms with Gasteiger partial charge >= 0.3 is 5.97 Å². The molecule has 8 rings (SSSR count). The molecule has 1 saturated carbocycles. The number of carboxylic acids is 1. The van der Waals surface area contributed by atoms with Crippen LogP contribution in [0.25, 0.3) is 11.0 Å². The first-order chi connectivity index (χ1) is 19.8. The summed E-state index contributed by atoms with van der Waals surface area (Å²) in [5, 5.41) is 13.2. The Hall–Kier alpha value is -3.46. The van der Waals surface area contributed by atoms with Crippen LogP contribution in [0.2, 0.25) is 10.0 Å². The van der Waals surface area contributed by atoms with E-state index in [2.05, 4.69) is 14.8 Å². The molecule has 4 atom stereocenters. The van der Waals surface area contributed by atoms with Crippen molar-refractivity contribution in [3.05, 3.63) is 93.0 Å². The summed E-state index contributed by atoms with van der Waals surface area (Å²) in [5.41, 5.74) is 2.16. The van der Waals surface area contributed by atoms with Crippen molar-refractivity contribution in [1.29, 1.82) is 0 Å². The Morgan fingerprint density at radius 3 is 2.69 bits per heavy atom. The van der Waals surface area contributed by atoms with Crippen LogP contribution in [-0.2, 0) is 16.9 Å². The summed E-state index contributed by atoms with van der Waals surface area (Å²) >= 11 is 12.7. The quantitative estimate of drug-likeness (QED) is 0.260. The van der Waals surface area contributed by atoms with E-state index < -0.39 is 23.2 Å². The molecule has 4 heterocycles. The third-order valence-corrected chi connectivity index (χ3v) is 10.0. The molecule has 1 aliphatic carbocycles. The number of fused-ring (bicyclic) bond motifs is 7. The maximum absolute atomic E-state index is 16.1. The Morgan fingerprint density at radius 2 is 1.93 bits per heavy atom. The van der Waals surface area contributed by atoms with E-state index in [1.807, 2.05) is 6.07 Å². The minimum Gasteiger partial charge on any atom is -0.478 e. The van der Waals surface area contributed by atoms with Crippen LogP contribution in [0.15, 0.2) is 54.6 Å². The van der Waals surface area contributed by atoms with E-state index in [1.165, 1.54) is 6.07 Å². The van der Waals surface area contributed by atoms with Gasteiger partial charge in [0, 0.05) is 47.2 Å². The SMILES string of the molecule is C.O=C(O)c1ccc2nc3n(c2c1)CC[C@H]1[C@@H]3[C@H](c2cccc(Cl)c2F)[C@]2(C(=O)Nc3cc(Cl)ccc32)N1CC1CC1. The minimum absolute atomic E-state index is 0. The number of aromatic carboxylic acids is 1. The maximum atomic E-state index is 16.1. The number of carbonyl (C=O) groups excluding carboxylic acids is 1. The Kier molecular flexibility index (Phi) is 6.21. The number of benzene rings is 3. The average Bonchev–Trinajstić information content (AvgIpc) is 3.54. The number of likely N-dealkylation sites (tertiary alicyclic amines) is 1. The average molecular weight is 608 g/mol. The Morgan fingerprint density at radius 1 is 1.12 bits per heavy atom. The zero-order valence-electron chi connectivity index (χ0n) is 21.8. The number of carbonyl (C=O) groups is 2. The fourth-order valence-corrected chi connectivity index (χ4v) is 8.08. The zero-order chi connectivity index (χ0) is 28.2. The van der Waals surface area contributed by atoms with Gasteiger partial charge in [-0.1, -0.05) is 48.8 Å². The van der Waals surface area contributed by atoms with Gasteiger partial charge in [-0.25, -0.2) is 14.2 Å². The topological polar surface area (TPSA) is 87.5 Å². The molecule has 1 spiro atoms. The number of carboxylic acid groups (broad SMARTS) is 1. The van der Waals surface area contributed by atoms with Gasteiger partial charge in [-0.3, -0.25) is 9.69 Å². The van der Waals surface area contributed by atoms with E-state index in [9.17, 15) is 14.7 Å². The molecular weight excluding hydrogens is 578 g/mol. The van der Waals surface area contributed by atoms with Gasteiger partial charge in [0.25, 0.3) is 0 Å². The first-order valence-electron chi connectivity index (χ1n) is 13.8. The van der Waals surface area contributed by atoms with Crippen LogP contribution in [0, 0.1) is 11.7 Å². The van der Waals surface area contributed by atoms with Gasteiger partial charge < -0.3 is 15.0 Å². The number of nitrogens with one attached hydrogen (secondary N) is 1. The van der Waals surface area contributed by atoms with Gasteiger partial charge in [-0.05, 0) is 67.1 Å². The van der Waals surface area contributed by atoms with Crippen molar-refractivity contribution >= 4 is 51.8 Å². The summed E-state index contributed by atoms with van der Waals surface area (Å²) in [4.78, 5) is 33.6. The van der Waals surface area contributed by atoms with Crippen LogP contribution >= 0.6 is 23.2 Å². The molecule has 3 aromatic carbocycles. The molecule has 0 bridgehead atoms. The number of rotatable bonds is 4. The van der Waals surface area contributed by atoms with E-state index in [-0.39, 0.29) is 35.9 Å². The summed E-state index contributed by atoms with van der Waals surface area (Å²) < 4.78 is 18.2. The monoisotopic (exact) mass is 606 g/mol. The smallest absolute Gasteiger partial charge is 0.335 e. The van der Waals surface area contributed by atoms with E-state index >= 15 is 4.39 Å². The van der Waals surface area contributed by atoms with E-state index in [0.29, 0.717) is 47.2 Å². The lowest BCUT2D eigenvalue weighted by Gasteiger charge is -2.40. The highest BCUT2D eigenvalue weighted by molar-refractivity contribution is 6.31. The molecule has 2 fully saturated rings. The fraction of sp³-hybridized carbons (Fsp3) is 0.344. The van der Waals surface area contributed by atoms with Gasteiger partial charge in [0.1, 0.15) is 17.2 Å². The summed E-state index contributed by atoms with van der Waals surface area (Å²) in [6.07, 6.45) is 2.88. The van der Waals surface area contributed by atoms with Gasteiger partial charge in [0.2, 0.25) is 5.91 Å². The molecule has 4 aromatic rings. The number of hydrogen-bond acceptors (Lipinski definition) is 4. The molecule has 0 radical (unpaired) electrons. The predicted molar refractivity (Wildman–Crippen MR) is 160 cm³/mol. The van der Waals surface area contributed by atoms with Crippen LogP contribution in [-0.4, -0.2) is 44.0 Å². The van der Waals surface area contributed by atoms with Gasteiger partial charge in [-0.15, -0.1) is 0 Å². The molecule has 10 heteroatoms. The number of imidazole rings is 1. The Labute approximate surface area is 252 Å². The fourth-order valence-electron chi connectivity index (χ4n) is 7.72. The highest BCUT2D eigenvalue weighted by Crippen LogP contribution is 2.64. The molecule has 216 valence electrons. The summed E-state index contributed by atoms with van der Waals surface area (Å²) in [5.74, 6) is -1.57. The van der Waals surface area contributed by atoms with Crippen molar-refractivity contribution < 1.29 is 19.1 Å². The molecule has 42 heavy (non-hydrogen) atoms. The molecule has 1 saturated heterocycles. The third kappa shape index (κ3) is 3.64. The lowest BCUT2D eigenvalue weighted by Crippen LogP contribution is -2.53. The number of amides is 1. The molecule has 3 aliphatic heterocycles. The van der Waals surface area contributed by atoms with Crippen molar-refractivity contribution in [2.45, 2.75) is 56.7 Å². The Bertz CT molecular complexity index is 1800. The second-order valence-electron chi connectivity index (χ2n) is 11.6. The minimum atomic E-state index is -1.21. The summed E-state index contributed by atoms with van der Waals surface area (Å²) in [6, 6.07) is 15.2. The number of halogens is 3. The van der Waals surface area contributed by atoms with Crippen LogP contribution < -0.4 is 5.32 Å². The number of nitrogens with zero attached hydrogens (tertiary/aromatic N) is 3. The first-order valence-corrected chi connectivity index (χ1v) is 14.6. The number of hydrogen-bond donors (Lipinski definition) is 2.